The molecule has 2 aliphatic rings. The number of methoxy groups -OCH3 is 2. The van der Waals surface area contributed by atoms with Gasteiger partial charge in [-0.1, -0.05) is 19.9 Å². The fourth-order valence-corrected chi connectivity index (χ4v) is 6.49. The van der Waals surface area contributed by atoms with E-state index in [1.54, 1.807) is 14.2 Å². The highest BCUT2D eigenvalue weighted by Gasteiger charge is 2.27. The van der Waals surface area contributed by atoms with Gasteiger partial charge in [0, 0.05) is 61.8 Å². The minimum absolute atomic E-state index is 0.291. The van der Waals surface area contributed by atoms with Gasteiger partial charge in [0.05, 0.1) is 26.5 Å². The van der Waals surface area contributed by atoms with Gasteiger partial charge in [0.15, 0.2) is 11.5 Å². The number of hydrogen-bond acceptors (Lipinski definition) is 5. The number of fused-ring (bicyclic) bond motifs is 1. The number of hydrogen-bond donors (Lipinski definition) is 1. The first kappa shape index (κ1) is 28.5. The standard InChI is InChI=1S/C33H46N4O3/c1-22(2)32-27-19-25(7-9-28(27)34-33(32)26-8-10-29(39-5)30(20-26)40-6)24-11-13-37(14-12-24)31(38)21-35-15-17-36(18-16-35)23(3)4/h7-10,19-20,22-24,34H,11-18,21H2,1-6H3. The molecule has 0 saturated carbocycles. The highest BCUT2D eigenvalue weighted by atomic mass is 16.5. The molecule has 1 amide bonds. The third-order valence-corrected chi connectivity index (χ3v) is 8.93. The highest BCUT2D eigenvalue weighted by molar-refractivity contribution is 5.92. The van der Waals surface area contributed by atoms with Crippen molar-refractivity contribution in [1.82, 2.24) is 19.7 Å². The van der Waals surface area contributed by atoms with E-state index in [1.807, 2.05) is 12.1 Å². The number of aromatic nitrogens is 1. The minimum Gasteiger partial charge on any atom is -0.493 e. The second kappa shape index (κ2) is 12.2. The van der Waals surface area contributed by atoms with E-state index < -0.39 is 0 Å². The molecule has 7 nitrogen and oxygen atoms in total. The van der Waals surface area contributed by atoms with Gasteiger partial charge in [0.1, 0.15) is 0 Å². The fraction of sp³-hybridized carbons (Fsp3) is 0.545. The van der Waals surface area contributed by atoms with E-state index in [2.05, 4.69) is 71.6 Å². The summed E-state index contributed by atoms with van der Waals surface area (Å²) < 4.78 is 11.0. The molecule has 0 unspecified atom stereocenters. The average molecular weight is 547 g/mol. The van der Waals surface area contributed by atoms with Crippen LogP contribution in [0.1, 0.15) is 63.5 Å². The lowest BCUT2D eigenvalue weighted by atomic mass is 9.87. The molecule has 0 aliphatic carbocycles. The third kappa shape index (κ3) is 5.86. The Labute approximate surface area is 239 Å². The van der Waals surface area contributed by atoms with Crippen LogP contribution in [0, 0.1) is 0 Å². The van der Waals surface area contributed by atoms with E-state index in [-0.39, 0.29) is 0 Å². The summed E-state index contributed by atoms with van der Waals surface area (Å²) in [6.07, 6.45) is 2.03. The SMILES string of the molecule is COc1ccc(-c2[nH]c3ccc(C4CCN(C(=O)CN5CCN(C(C)C)CC5)CC4)cc3c2C(C)C)cc1OC. The zero-order valence-corrected chi connectivity index (χ0v) is 25.1. The van der Waals surface area contributed by atoms with Gasteiger partial charge < -0.3 is 19.4 Å². The van der Waals surface area contributed by atoms with Crippen molar-refractivity contribution in [3.8, 4) is 22.8 Å². The molecule has 2 aromatic carbocycles. The van der Waals surface area contributed by atoms with Gasteiger partial charge in [-0.3, -0.25) is 14.6 Å². The first-order chi connectivity index (χ1) is 19.3. The van der Waals surface area contributed by atoms with Crippen LogP contribution < -0.4 is 9.47 Å². The maximum Gasteiger partial charge on any atom is 0.236 e. The molecule has 3 heterocycles. The Hall–Kier alpha value is -3.03. The van der Waals surface area contributed by atoms with Gasteiger partial charge in [0.2, 0.25) is 5.91 Å². The van der Waals surface area contributed by atoms with Crippen LogP contribution in [0.2, 0.25) is 0 Å². The minimum atomic E-state index is 0.291. The number of amides is 1. The van der Waals surface area contributed by atoms with Crippen molar-refractivity contribution in [2.75, 3.05) is 60.0 Å². The summed E-state index contributed by atoms with van der Waals surface area (Å²) in [7, 11) is 3.34. The van der Waals surface area contributed by atoms with Crippen molar-refractivity contribution in [3.63, 3.8) is 0 Å². The molecule has 2 saturated heterocycles. The summed E-state index contributed by atoms with van der Waals surface area (Å²) >= 11 is 0. The van der Waals surface area contributed by atoms with E-state index in [1.165, 1.54) is 16.5 Å². The van der Waals surface area contributed by atoms with Crippen molar-refractivity contribution < 1.29 is 14.3 Å². The number of H-pyrrole nitrogens is 1. The molecule has 0 spiro atoms. The number of benzene rings is 2. The zero-order chi connectivity index (χ0) is 28.4. The number of ether oxygens (including phenoxy) is 2. The van der Waals surface area contributed by atoms with Crippen molar-refractivity contribution in [3.05, 3.63) is 47.5 Å². The van der Waals surface area contributed by atoms with Crippen LogP contribution in [-0.4, -0.2) is 91.7 Å². The molecule has 0 atom stereocenters. The topological polar surface area (TPSA) is 61.0 Å². The molecule has 0 bridgehead atoms. The quantitative estimate of drug-likeness (QED) is 0.392. The molecule has 1 aromatic heterocycles. The summed E-state index contributed by atoms with van der Waals surface area (Å²) in [5.74, 6) is 2.58. The summed E-state index contributed by atoms with van der Waals surface area (Å²) in [6.45, 7) is 15.3. The van der Waals surface area contributed by atoms with Gasteiger partial charge >= 0.3 is 0 Å². The van der Waals surface area contributed by atoms with Gasteiger partial charge in [0.25, 0.3) is 0 Å². The molecular formula is C33H46N4O3. The van der Waals surface area contributed by atoms with Crippen LogP contribution in [0.25, 0.3) is 22.2 Å². The third-order valence-electron chi connectivity index (χ3n) is 8.93. The number of carbonyl (C=O) groups is 1. The average Bonchev–Trinajstić information content (AvgIpc) is 3.36. The Bertz CT molecular complexity index is 1310. The smallest absolute Gasteiger partial charge is 0.236 e. The monoisotopic (exact) mass is 546 g/mol. The van der Waals surface area contributed by atoms with Crippen LogP contribution in [0.15, 0.2) is 36.4 Å². The first-order valence-electron chi connectivity index (χ1n) is 14.9. The van der Waals surface area contributed by atoms with Crippen molar-refractivity contribution in [2.24, 2.45) is 0 Å². The van der Waals surface area contributed by atoms with Crippen LogP contribution >= 0.6 is 0 Å². The first-order valence-corrected chi connectivity index (χ1v) is 14.9. The van der Waals surface area contributed by atoms with E-state index in [0.29, 0.717) is 30.3 Å². The molecular weight excluding hydrogens is 500 g/mol. The molecule has 5 rings (SSSR count). The predicted octanol–water partition coefficient (Wildman–Crippen LogP) is 5.71. The molecule has 3 aromatic rings. The highest BCUT2D eigenvalue weighted by Crippen LogP contribution is 2.40. The van der Waals surface area contributed by atoms with Crippen LogP contribution in [0.5, 0.6) is 11.5 Å². The summed E-state index contributed by atoms with van der Waals surface area (Å²) in [6, 6.07) is 13.6. The molecule has 40 heavy (non-hydrogen) atoms. The Morgan fingerprint density at radius 1 is 0.900 bits per heavy atom. The number of rotatable bonds is 8. The maximum atomic E-state index is 13.1. The molecule has 0 radical (unpaired) electrons. The Balaban J connectivity index is 1.28. The van der Waals surface area contributed by atoms with Gasteiger partial charge in [-0.15, -0.1) is 0 Å². The Morgan fingerprint density at radius 3 is 2.23 bits per heavy atom. The number of likely N-dealkylation sites (tertiary alicyclic amines) is 1. The molecule has 216 valence electrons. The van der Waals surface area contributed by atoms with Gasteiger partial charge in [-0.05, 0) is 80.0 Å². The number of carbonyl (C=O) groups excluding carboxylic acids is 1. The summed E-state index contributed by atoms with van der Waals surface area (Å²) in [5, 5.41) is 1.29. The lowest BCUT2D eigenvalue weighted by Gasteiger charge is -2.38. The number of aromatic amines is 1. The Morgan fingerprint density at radius 2 is 1.60 bits per heavy atom. The van der Waals surface area contributed by atoms with Crippen LogP contribution in [-0.2, 0) is 4.79 Å². The second-order valence-electron chi connectivity index (χ2n) is 12.0. The largest absolute Gasteiger partial charge is 0.493 e. The predicted molar refractivity (Wildman–Crippen MR) is 163 cm³/mol. The van der Waals surface area contributed by atoms with Crippen LogP contribution in [0.3, 0.4) is 0 Å². The van der Waals surface area contributed by atoms with Crippen molar-refractivity contribution in [1.29, 1.82) is 0 Å². The van der Waals surface area contributed by atoms with Crippen molar-refractivity contribution in [2.45, 2.75) is 58.4 Å². The lowest BCUT2D eigenvalue weighted by molar-refractivity contribution is -0.134. The van der Waals surface area contributed by atoms with Crippen LogP contribution in [0.4, 0.5) is 0 Å². The van der Waals surface area contributed by atoms with Crippen molar-refractivity contribution >= 4 is 16.8 Å². The van der Waals surface area contributed by atoms with E-state index in [4.69, 9.17) is 9.47 Å². The maximum absolute atomic E-state index is 13.1. The molecule has 2 fully saturated rings. The van der Waals surface area contributed by atoms with Gasteiger partial charge in [-0.2, -0.15) is 0 Å². The molecule has 7 heteroatoms. The second-order valence-corrected chi connectivity index (χ2v) is 12.0. The summed E-state index contributed by atoms with van der Waals surface area (Å²) in [4.78, 5) is 23.7. The van der Waals surface area contributed by atoms with E-state index >= 15 is 0 Å². The zero-order valence-electron chi connectivity index (χ0n) is 25.1. The van der Waals surface area contributed by atoms with Gasteiger partial charge in [-0.25, -0.2) is 0 Å². The fourth-order valence-electron chi connectivity index (χ4n) is 6.49. The van der Waals surface area contributed by atoms with E-state index in [9.17, 15) is 4.79 Å². The number of nitrogens with one attached hydrogen (secondary N) is 1. The lowest BCUT2D eigenvalue weighted by Crippen LogP contribution is -2.52. The normalized spacial score (nSPS) is 17.8. The number of piperazine rings is 1. The Kier molecular flexibility index (Phi) is 8.71. The van der Waals surface area contributed by atoms with E-state index in [0.717, 1.165) is 80.4 Å². The molecule has 1 N–H and O–H groups in total. The summed E-state index contributed by atoms with van der Waals surface area (Å²) in [5.41, 5.74) is 6.09. The number of piperidine rings is 1. The number of nitrogens with zero attached hydrogens (tertiary/aromatic N) is 3. The molecule has 2 aliphatic heterocycles.